The molecular formula is C15H23N3O5S2. The first-order valence-electron chi connectivity index (χ1n) is 7.73. The third-order valence-corrected chi connectivity index (χ3v) is 6.85. The predicted octanol–water partition coefficient (Wildman–Crippen LogP) is -0.178. The molecule has 1 amide bonds. The number of hydrogen-bond acceptors (Lipinski definition) is 6. The Morgan fingerprint density at radius 1 is 1.20 bits per heavy atom. The highest BCUT2D eigenvalue weighted by Gasteiger charge is 2.30. The number of rotatable bonds is 6. The van der Waals surface area contributed by atoms with E-state index in [0.29, 0.717) is 12.1 Å². The van der Waals surface area contributed by atoms with Gasteiger partial charge in [-0.25, -0.2) is 16.8 Å². The molecule has 10 heteroatoms. The zero-order valence-corrected chi connectivity index (χ0v) is 16.1. The van der Waals surface area contributed by atoms with Crippen molar-refractivity contribution in [3.05, 3.63) is 24.3 Å². The van der Waals surface area contributed by atoms with Gasteiger partial charge in [-0.2, -0.15) is 0 Å². The van der Waals surface area contributed by atoms with Crippen molar-refractivity contribution >= 4 is 37.1 Å². The van der Waals surface area contributed by atoms with Crippen molar-refractivity contribution in [3.63, 3.8) is 0 Å². The highest BCUT2D eigenvalue weighted by molar-refractivity contribution is 7.92. The van der Waals surface area contributed by atoms with Gasteiger partial charge in [0, 0.05) is 25.8 Å². The average molecular weight is 389 g/mol. The maximum atomic E-state index is 12.2. The molecule has 8 nitrogen and oxygen atoms in total. The fourth-order valence-electron chi connectivity index (χ4n) is 2.63. The standard InChI is InChI=1S/C15H23N3O5S2/c1-17(2)13-4-6-14(7-5-13)18(24(3,20)21)10-15(19)16-12-8-9-25(22,23)11-12/h4-7,12H,8-11H2,1-3H3,(H,16,19). The third-order valence-electron chi connectivity index (χ3n) is 3.94. The Kier molecular flexibility index (Phi) is 5.62. The van der Waals surface area contributed by atoms with Gasteiger partial charge in [0.2, 0.25) is 15.9 Å². The molecule has 25 heavy (non-hydrogen) atoms. The molecule has 0 aromatic heterocycles. The molecular weight excluding hydrogens is 366 g/mol. The molecule has 1 unspecified atom stereocenters. The Morgan fingerprint density at radius 2 is 1.76 bits per heavy atom. The maximum absolute atomic E-state index is 12.2. The summed E-state index contributed by atoms with van der Waals surface area (Å²) in [6.45, 7) is -0.392. The summed E-state index contributed by atoms with van der Waals surface area (Å²) in [5, 5.41) is 2.60. The first-order valence-corrected chi connectivity index (χ1v) is 11.4. The lowest BCUT2D eigenvalue weighted by Crippen LogP contribution is -2.44. The molecule has 1 aliphatic heterocycles. The number of benzene rings is 1. The Labute approximate surface area is 148 Å². The zero-order chi connectivity index (χ0) is 18.8. The predicted molar refractivity (Wildman–Crippen MR) is 98.2 cm³/mol. The van der Waals surface area contributed by atoms with Gasteiger partial charge in [0.1, 0.15) is 6.54 Å². The van der Waals surface area contributed by atoms with Crippen molar-refractivity contribution in [3.8, 4) is 0 Å². The fourth-order valence-corrected chi connectivity index (χ4v) is 5.16. The highest BCUT2D eigenvalue weighted by Crippen LogP contribution is 2.21. The lowest BCUT2D eigenvalue weighted by Gasteiger charge is -2.23. The van der Waals surface area contributed by atoms with Crippen molar-refractivity contribution in [2.75, 3.05) is 47.6 Å². The minimum absolute atomic E-state index is 0.0414. The molecule has 1 fully saturated rings. The van der Waals surface area contributed by atoms with Crippen molar-refractivity contribution < 1.29 is 21.6 Å². The molecule has 1 heterocycles. The Bertz CT molecular complexity index is 832. The van der Waals surface area contributed by atoms with Crippen LogP contribution in [0.1, 0.15) is 6.42 Å². The van der Waals surface area contributed by atoms with Crippen LogP contribution in [0.4, 0.5) is 11.4 Å². The lowest BCUT2D eigenvalue weighted by atomic mass is 10.2. The quantitative estimate of drug-likeness (QED) is 0.724. The maximum Gasteiger partial charge on any atom is 0.241 e. The highest BCUT2D eigenvalue weighted by atomic mass is 32.2. The number of nitrogens with zero attached hydrogens (tertiary/aromatic N) is 2. The van der Waals surface area contributed by atoms with Crippen LogP contribution in [0.3, 0.4) is 0 Å². The van der Waals surface area contributed by atoms with E-state index in [1.54, 1.807) is 24.3 Å². The number of carbonyl (C=O) groups excluding carboxylic acids is 1. The van der Waals surface area contributed by atoms with Crippen LogP contribution in [-0.2, 0) is 24.7 Å². The molecule has 1 saturated heterocycles. The molecule has 1 atom stereocenters. The van der Waals surface area contributed by atoms with Gasteiger partial charge in [-0.15, -0.1) is 0 Å². The monoisotopic (exact) mass is 389 g/mol. The van der Waals surface area contributed by atoms with E-state index < -0.39 is 38.4 Å². The van der Waals surface area contributed by atoms with Gasteiger partial charge in [-0.05, 0) is 30.7 Å². The van der Waals surface area contributed by atoms with Crippen LogP contribution in [0, 0.1) is 0 Å². The first-order chi connectivity index (χ1) is 11.5. The summed E-state index contributed by atoms with van der Waals surface area (Å²) in [5.74, 6) is -0.585. The molecule has 1 N–H and O–H groups in total. The zero-order valence-electron chi connectivity index (χ0n) is 14.5. The van der Waals surface area contributed by atoms with Crippen LogP contribution >= 0.6 is 0 Å². The van der Waals surface area contributed by atoms with Crippen molar-refractivity contribution in [1.29, 1.82) is 0 Å². The topological polar surface area (TPSA) is 104 Å². The molecule has 1 aliphatic rings. The third kappa shape index (κ3) is 5.33. The van der Waals surface area contributed by atoms with E-state index in [9.17, 15) is 21.6 Å². The van der Waals surface area contributed by atoms with E-state index in [4.69, 9.17) is 0 Å². The summed E-state index contributed by atoms with van der Waals surface area (Å²) in [5.41, 5.74) is 1.28. The van der Waals surface area contributed by atoms with Crippen LogP contribution in [0.15, 0.2) is 24.3 Å². The number of nitrogens with one attached hydrogen (secondary N) is 1. The van der Waals surface area contributed by atoms with Crippen LogP contribution < -0.4 is 14.5 Å². The fraction of sp³-hybridized carbons (Fsp3) is 0.533. The molecule has 0 aliphatic carbocycles. The number of hydrogen-bond donors (Lipinski definition) is 1. The SMILES string of the molecule is CN(C)c1ccc(N(CC(=O)NC2CCS(=O)(=O)C2)S(C)(=O)=O)cc1. The van der Waals surface area contributed by atoms with Crippen LogP contribution in [0.5, 0.6) is 0 Å². The molecule has 0 radical (unpaired) electrons. The van der Waals surface area contributed by atoms with Crippen LogP contribution in [0.2, 0.25) is 0 Å². The Balaban J connectivity index is 2.12. The van der Waals surface area contributed by atoms with E-state index in [1.807, 2.05) is 19.0 Å². The Hall–Kier alpha value is -1.81. The summed E-state index contributed by atoms with van der Waals surface area (Å²) in [7, 11) is -3.04. The summed E-state index contributed by atoms with van der Waals surface area (Å²) in [6.07, 6.45) is 1.38. The number of anilines is 2. The second-order valence-corrected chi connectivity index (χ2v) is 10.5. The van der Waals surface area contributed by atoms with Crippen molar-refractivity contribution in [2.45, 2.75) is 12.5 Å². The second kappa shape index (κ2) is 7.20. The smallest absolute Gasteiger partial charge is 0.241 e. The van der Waals surface area contributed by atoms with Gasteiger partial charge < -0.3 is 10.2 Å². The molecule has 0 bridgehead atoms. The molecule has 140 valence electrons. The molecule has 1 aromatic carbocycles. The van der Waals surface area contributed by atoms with Crippen molar-refractivity contribution in [1.82, 2.24) is 5.32 Å². The molecule has 0 saturated carbocycles. The number of sulfonamides is 1. The van der Waals surface area contributed by atoms with Gasteiger partial charge >= 0.3 is 0 Å². The van der Waals surface area contributed by atoms with Gasteiger partial charge in [0.15, 0.2) is 9.84 Å². The normalized spacial score (nSPS) is 19.4. The van der Waals surface area contributed by atoms with E-state index in [-0.39, 0.29) is 11.5 Å². The van der Waals surface area contributed by atoms with Gasteiger partial charge in [0.25, 0.3) is 0 Å². The second-order valence-electron chi connectivity index (χ2n) is 6.35. The van der Waals surface area contributed by atoms with Gasteiger partial charge in [0.05, 0.1) is 23.4 Å². The largest absolute Gasteiger partial charge is 0.378 e. The molecule has 1 aromatic rings. The first kappa shape index (κ1) is 19.5. The van der Waals surface area contributed by atoms with Crippen LogP contribution in [0.25, 0.3) is 0 Å². The van der Waals surface area contributed by atoms with E-state index in [1.165, 1.54) is 0 Å². The molecule has 0 spiro atoms. The van der Waals surface area contributed by atoms with Crippen LogP contribution in [-0.4, -0.2) is 67.2 Å². The summed E-state index contributed by atoms with van der Waals surface area (Å²) in [4.78, 5) is 14.1. The number of amides is 1. The van der Waals surface area contributed by atoms with Gasteiger partial charge in [-0.1, -0.05) is 0 Å². The minimum Gasteiger partial charge on any atom is -0.378 e. The number of carbonyl (C=O) groups is 1. The molecule has 2 rings (SSSR count). The lowest BCUT2D eigenvalue weighted by molar-refractivity contribution is -0.120. The average Bonchev–Trinajstić information content (AvgIpc) is 2.82. The minimum atomic E-state index is -3.66. The summed E-state index contributed by atoms with van der Waals surface area (Å²) in [6, 6.07) is 6.31. The van der Waals surface area contributed by atoms with E-state index in [2.05, 4.69) is 5.32 Å². The van der Waals surface area contributed by atoms with E-state index >= 15 is 0 Å². The van der Waals surface area contributed by atoms with E-state index in [0.717, 1.165) is 16.2 Å². The van der Waals surface area contributed by atoms with Crippen molar-refractivity contribution in [2.24, 2.45) is 0 Å². The summed E-state index contributed by atoms with van der Waals surface area (Å²) >= 11 is 0. The summed E-state index contributed by atoms with van der Waals surface area (Å²) < 4.78 is 48.0. The Morgan fingerprint density at radius 3 is 2.20 bits per heavy atom. The van der Waals surface area contributed by atoms with Gasteiger partial charge in [-0.3, -0.25) is 9.10 Å². The number of sulfone groups is 1.